The molecule has 0 atom stereocenters. The molecule has 146 valence electrons. The largest absolute Gasteiger partial charge is 0.367 e. The maximum Gasteiger partial charge on any atom is 0.270 e. The Kier molecular flexibility index (Phi) is 6.28. The van der Waals surface area contributed by atoms with E-state index in [9.17, 15) is 14.9 Å². The predicted octanol–water partition coefficient (Wildman–Crippen LogP) is 3.65. The van der Waals surface area contributed by atoms with Crippen LogP contribution >= 0.6 is 11.6 Å². The molecule has 0 bridgehead atoms. The zero-order valence-corrected chi connectivity index (χ0v) is 16.2. The second-order valence-electron chi connectivity index (χ2n) is 6.63. The first-order valence-corrected chi connectivity index (χ1v) is 9.27. The van der Waals surface area contributed by atoms with Crippen molar-refractivity contribution in [3.05, 3.63) is 69.2 Å². The molecule has 1 heterocycles. The zero-order chi connectivity index (χ0) is 20.1. The van der Waals surface area contributed by atoms with Crippen LogP contribution in [-0.4, -0.2) is 49.0 Å². The number of non-ortho nitro benzene ring substituents is 1. The van der Waals surface area contributed by atoms with E-state index in [2.05, 4.69) is 22.2 Å². The molecule has 2 aromatic carbocycles. The molecule has 2 aromatic rings. The lowest BCUT2D eigenvalue weighted by Crippen LogP contribution is -2.44. The van der Waals surface area contributed by atoms with E-state index >= 15 is 0 Å². The molecule has 1 saturated heterocycles. The summed E-state index contributed by atoms with van der Waals surface area (Å²) in [6, 6.07) is 11.6. The number of carbonyl (C=O) groups is 1. The summed E-state index contributed by atoms with van der Waals surface area (Å²) < 4.78 is 0. The van der Waals surface area contributed by atoms with Crippen LogP contribution < -0.4 is 10.2 Å². The molecule has 0 aliphatic carbocycles. The fraction of sp³-hybridized carbons (Fsp3) is 0.250. The molecule has 0 spiro atoms. The molecule has 0 unspecified atom stereocenters. The molecule has 1 amide bonds. The number of likely N-dealkylation sites (N-methyl/N-ethyl adjacent to an activating group) is 1. The minimum Gasteiger partial charge on any atom is -0.367 e. The van der Waals surface area contributed by atoms with Crippen molar-refractivity contribution in [3.8, 4) is 0 Å². The summed E-state index contributed by atoms with van der Waals surface area (Å²) in [4.78, 5) is 27.3. The summed E-state index contributed by atoms with van der Waals surface area (Å²) in [5, 5.41) is 14.3. The van der Waals surface area contributed by atoms with Crippen LogP contribution in [0.5, 0.6) is 0 Å². The topological polar surface area (TPSA) is 78.7 Å². The quantitative estimate of drug-likeness (QED) is 0.471. The Morgan fingerprint density at radius 3 is 2.64 bits per heavy atom. The highest BCUT2D eigenvalue weighted by molar-refractivity contribution is 6.31. The SMILES string of the molecule is CN1CCN(c2ccc(Cl)cc2NC(=O)/C=C/c2cccc([N+](=O)[O-])c2)CC1. The lowest BCUT2D eigenvalue weighted by atomic mass is 10.2. The Hall–Kier alpha value is -2.90. The van der Waals surface area contributed by atoms with Gasteiger partial charge in [0, 0.05) is 49.4 Å². The molecule has 1 N–H and O–H groups in total. The first-order chi connectivity index (χ1) is 13.4. The van der Waals surface area contributed by atoms with Crippen molar-refractivity contribution >= 4 is 40.6 Å². The molecular formula is C20H21ClN4O3. The van der Waals surface area contributed by atoms with Gasteiger partial charge in [0.1, 0.15) is 0 Å². The van der Waals surface area contributed by atoms with Gasteiger partial charge in [-0.1, -0.05) is 23.7 Å². The standard InChI is InChI=1S/C20H21ClN4O3/c1-23-9-11-24(12-10-23)19-7-6-16(21)14-18(19)22-20(26)8-5-15-3-2-4-17(13-15)25(27)28/h2-8,13-14H,9-12H2,1H3,(H,22,26)/b8-5+. The third-order valence-electron chi connectivity index (χ3n) is 4.57. The van der Waals surface area contributed by atoms with Crippen molar-refractivity contribution in [2.45, 2.75) is 0 Å². The number of nitrogens with zero attached hydrogens (tertiary/aromatic N) is 3. The normalized spacial score (nSPS) is 15.0. The number of anilines is 2. The second kappa shape index (κ2) is 8.86. The van der Waals surface area contributed by atoms with Gasteiger partial charge < -0.3 is 15.1 Å². The van der Waals surface area contributed by atoms with Crippen molar-refractivity contribution in [1.29, 1.82) is 0 Å². The molecule has 1 aliphatic rings. The lowest BCUT2D eigenvalue weighted by molar-refractivity contribution is -0.384. The average Bonchev–Trinajstić information content (AvgIpc) is 2.68. The highest BCUT2D eigenvalue weighted by Crippen LogP contribution is 2.30. The summed E-state index contributed by atoms with van der Waals surface area (Å²) >= 11 is 6.12. The summed E-state index contributed by atoms with van der Waals surface area (Å²) in [7, 11) is 2.08. The summed E-state index contributed by atoms with van der Waals surface area (Å²) in [6.45, 7) is 3.63. The number of halogens is 1. The van der Waals surface area contributed by atoms with Gasteiger partial charge in [-0.15, -0.1) is 0 Å². The predicted molar refractivity (Wildman–Crippen MR) is 112 cm³/mol. The first-order valence-electron chi connectivity index (χ1n) is 8.89. The molecule has 0 aromatic heterocycles. The molecule has 7 nitrogen and oxygen atoms in total. The Bertz CT molecular complexity index is 908. The second-order valence-corrected chi connectivity index (χ2v) is 7.06. The number of nitro groups is 1. The van der Waals surface area contributed by atoms with E-state index in [1.165, 1.54) is 18.2 Å². The molecule has 0 saturated carbocycles. The number of benzene rings is 2. The number of carbonyl (C=O) groups excluding carboxylic acids is 1. The fourth-order valence-electron chi connectivity index (χ4n) is 3.02. The van der Waals surface area contributed by atoms with E-state index in [0.717, 1.165) is 31.9 Å². The zero-order valence-electron chi connectivity index (χ0n) is 15.5. The molecule has 28 heavy (non-hydrogen) atoms. The Morgan fingerprint density at radius 2 is 1.93 bits per heavy atom. The van der Waals surface area contributed by atoms with Crippen LogP contribution in [0.25, 0.3) is 6.08 Å². The van der Waals surface area contributed by atoms with Crippen LogP contribution in [0.1, 0.15) is 5.56 Å². The third kappa shape index (κ3) is 5.09. The minimum absolute atomic E-state index is 0.0187. The van der Waals surface area contributed by atoms with Gasteiger partial charge in [0.2, 0.25) is 5.91 Å². The van der Waals surface area contributed by atoms with E-state index in [1.54, 1.807) is 24.3 Å². The van der Waals surface area contributed by atoms with Gasteiger partial charge in [0.15, 0.2) is 0 Å². The fourth-order valence-corrected chi connectivity index (χ4v) is 3.19. The number of nitrogens with one attached hydrogen (secondary N) is 1. The number of amides is 1. The maximum absolute atomic E-state index is 12.4. The van der Waals surface area contributed by atoms with Crippen molar-refractivity contribution in [2.24, 2.45) is 0 Å². The van der Waals surface area contributed by atoms with Crippen LogP contribution in [-0.2, 0) is 4.79 Å². The van der Waals surface area contributed by atoms with E-state index in [1.807, 2.05) is 12.1 Å². The summed E-state index contributed by atoms with van der Waals surface area (Å²) in [5.41, 5.74) is 2.13. The summed E-state index contributed by atoms with van der Waals surface area (Å²) in [6.07, 6.45) is 2.90. The number of nitro benzene ring substituents is 1. The minimum atomic E-state index is -0.467. The molecule has 1 fully saturated rings. The van der Waals surface area contributed by atoms with E-state index in [-0.39, 0.29) is 11.6 Å². The molecular weight excluding hydrogens is 380 g/mol. The smallest absolute Gasteiger partial charge is 0.270 e. The average molecular weight is 401 g/mol. The van der Waals surface area contributed by atoms with Crippen LogP contribution in [0, 0.1) is 10.1 Å². The van der Waals surface area contributed by atoms with E-state index in [0.29, 0.717) is 16.3 Å². The number of hydrogen-bond donors (Lipinski definition) is 1. The van der Waals surface area contributed by atoms with Crippen molar-refractivity contribution in [1.82, 2.24) is 4.90 Å². The number of piperazine rings is 1. The van der Waals surface area contributed by atoms with Gasteiger partial charge in [-0.25, -0.2) is 0 Å². The van der Waals surface area contributed by atoms with E-state index < -0.39 is 4.92 Å². The van der Waals surface area contributed by atoms with Crippen LogP contribution in [0.15, 0.2) is 48.5 Å². The Labute approximate surface area is 168 Å². The van der Waals surface area contributed by atoms with Gasteiger partial charge in [-0.2, -0.15) is 0 Å². The van der Waals surface area contributed by atoms with Crippen molar-refractivity contribution < 1.29 is 9.72 Å². The summed E-state index contributed by atoms with van der Waals surface area (Å²) in [5.74, 6) is -0.329. The van der Waals surface area contributed by atoms with Crippen LogP contribution in [0.2, 0.25) is 5.02 Å². The highest BCUT2D eigenvalue weighted by atomic mass is 35.5. The van der Waals surface area contributed by atoms with Gasteiger partial charge in [-0.05, 0) is 36.9 Å². The van der Waals surface area contributed by atoms with Gasteiger partial charge in [0.05, 0.1) is 16.3 Å². The maximum atomic E-state index is 12.4. The van der Waals surface area contributed by atoms with Gasteiger partial charge >= 0.3 is 0 Å². The molecule has 1 aliphatic heterocycles. The van der Waals surface area contributed by atoms with Crippen molar-refractivity contribution in [3.63, 3.8) is 0 Å². The lowest BCUT2D eigenvalue weighted by Gasteiger charge is -2.35. The van der Waals surface area contributed by atoms with Crippen LogP contribution in [0.4, 0.5) is 17.1 Å². The monoisotopic (exact) mass is 400 g/mol. The highest BCUT2D eigenvalue weighted by Gasteiger charge is 2.18. The Morgan fingerprint density at radius 1 is 1.18 bits per heavy atom. The third-order valence-corrected chi connectivity index (χ3v) is 4.80. The van der Waals surface area contributed by atoms with Gasteiger partial charge in [-0.3, -0.25) is 14.9 Å². The number of rotatable bonds is 5. The van der Waals surface area contributed by atoms with Crippen molar-refractivity contribution in [2.75, 3.05) is 43.4 Å². The molecule has 0 radical (unpaired) electrons. The molecule has 8 heteroatoms. The number of hydrogen-bond acceptors (Lipinski definition) is 5. The van der Waals surface area contributed by atoms with Gasteiger partial charge in [0.25, 0.3) is 5.69 Å². The van der Waals surface area contributed by atoms with Crippen LogP contribution in [0.3, 0.4) is 0 Å². The van der Waals surface area contributed by atoms with E-state index in [4.69, 9.17) is 11.6 Å². The first kappa shape index (κ1) is 19.9. The molecule has 3 rings (SSSR count). The Balaban J connectivity index is 1.74.